The van der Waals surface area contributed by atoms with Crippen LogP contribution in [-0.2, 0) is 17.6 Å². The number of hydrogen-bond donors (Lipinski definition) is 1. The van der Waals surface area contributed by atoms with Crippen LogP contribution in [0.4, 0.5) is 5.69 Å². The van der Waals surface area contributed by atoms with Gasteiger partial charge in [0.15, 0.2) is 0 Å². The molecule has 3 heteroatoms. The third-order valence-electron chi connectivity index (χ3n) is 3.48. The molecule has 1 aromatic rings. The molecule has 0 amide bonds. The Morgan fingerprint density at radius 2 is 2.29 bits per heavy atom. The van der Waals surface area contributed by atoms with Crippen LogP contribution in [0, 0.1) is 5.92 Å². The molecule has 0 aromatic heterocycles. The lowest BCUT2D eigenvalue weighted by atomic mass is 9.99. The Morgan fingerprint density at radius 1 is 1.53 bits per heavy atom. The lowest BCUT2D eigenvalue weighted by Gasteiger charge is -2.16. The lowest BCUT2D eigenvalue weighted by molar-refractivity contribution is -0.141. The van der Waals surface area contributed by atoms with Gasteiger partial charge in [-0.15, -0.1) is 0 Å². The third kappa shape index (κ3) is 2.43. The van der Waals surface area contributed by atoms with Crippen molar-refractivity contribution < 1.29 is 9.90 Å². The zero-order chi connectivity index (χ0) is 12.4. The fraction of sp³-hybridized carbons (Fsp3) is 0.500. The van der Waals surface area contributed by atoms with E-state index in [0.717, 1.165) is 25.1 Å². The largest absolute Gasteiger partial charge is 0.481 e. The van der Waals surface area contributed by atoms with Crippen LogP contribution in [0.3, 0.4) is 0 Å². The molecule has 1 aliphatic heterocycles. The van der Waals surface area contributed by atoms with Crippen molar-refractivity contribution in [2.45, 2.75) is 26.7 Å². The molecule has 1 heterocycles. The maximum absolute atomic E-state index is 10.8. The minimum Gasteiger partial charge on any atom is -0.481 e. The molecule has 0 saturated heterocycles. The molecule has 17 heavy (non-hydrogen) atoms. The Hall–Kier alpha value is -1.51. The monoisotopic (exact) mass is 233 g/mol. The standard InChI is InChI=1S/C14H19NO2/c1-3-15-7-6-12-9-11(4-5-13(12)15)8-10(2)14(16)17/h4-5,9-10H,3,6-8H2,1-2H3,(H,16,17). The SMILES string of the molecule is CCN1CCc2cc(CC(C)C(=O)O)ccc21. The van der Waals surface area contributed by atoms with E-state index in [1.165, 1.54) is 11.3 Å². The summed E-state index contributed by atoms with van der Waals surface area (Å²) < 4.78 is 0. The normalized spacial score (nSPS) is 15.8. The smallest absolute Gasteiger partial charge is 0.306 e. The highest BCUT2D eigenvalue weighted by Gasteiger charge is 2.18. The van der Waals surface area contributed by atoms with E-state index in [9.17, 15) is 4.79 Å². The van der Waals surface area contributed by atoms with Gasteiger partial charge in [0.1, 0.15) is 0 Å². The summed E-state index contributed by atoms with van der Waals surface area (Å²) in [5, 5.41) is 8.91. The highest BCUT2D eigenvalue weighted by Crippen LogP contribution is 2.29. The van der Waals surface area contributed by atoms with Crippen LogP contribution < -0.4 is 4.90 Å². The van der Waals surface area contributed by atoms with Crippen molar-refractivity contribution in [3.63, 3.8) is 0 Å². The number of nitrogens with zero attached hydrogens (tertiary/aromatic N) is 1. The van der Waals surface area contributed by atoms with Crippen LogP contribution in [0.15, 0.2) is 18.2 Å². The summed E-state index contributed by atoms with van der Waals surface area (Å²) in [6.07, 6.45) is 1.70. The van der Waals surface area contributed by atoms with Crippen LogP contribution in [-0.4, -0.2) is 24.2 Å². The van der Waals surface area contributed by atoms with Crippen molar-refractivity contribution in [3.8, 4) is 0 Å². The van der Waals surface area contributed by atoms with Gasteiger partial charge in [0.05, 0.1) is 5.92 Å². The second-order valence-corrected chi connectivity index (χ2v) is 4.74. The van der Waals surface area contributed by atoms with Gasteiger partial charge in [-0.3, -0.25) is 4.79 Å². The van der Waals surface area contributed by atoms with E-state index in [-0.39, 0.29) is 5.92 Å². The first kappa shape index (κ1) is 12.0. The topological polar surface area (TPSA) is 40.5 Å². The van der Waals surface area contributed by atoms with Gasteiger partial charge in [0.2, 0.25) is 0 Å². The summed E-state index contributed by atoms with van der Waals surface area (Å²) in [7, 11) is 0. The highest BCUT2D eigenvalue weighted by atomic mass is 16.4. The van der Waals surface area contributed by atoms with Gasteiger partial charge >= 0.3 is 5.97 Å². The Bertz CT molecular complexity index is 428. The molecule has 0 saturated carbocycles. The number of rotatable bonds is 4. The number of fused-ring (bicyclic) bond motifs is 1. The summed E-state index contributed by atoms with van der Waals surface area (Å²) in [5.41, 5.74) is 3.82. The quantitative estimate of drug-likeness (QED) is 0.867. The Balaban J connectivity index is 2.15. The average Bonchev–Trinajstić information content (AvgIpc) is 2.71. The lowest BCUT2D eigenvalue weighted by Crippen LogP contribution is -2.19. The molecule has 0 spiro atoms. The van der Waals surface area contributed by atoms with Gasteiger partial charge in [-0.1, -0.05) is 19.1 Å². The second-order valence-electron chi connectivity index (χ2n) is 4.74. The van der Waals surface area contributed by atoms with Gasteiger partial charge in [0, 0.05) is 18.8 Å². The van der Waals surface area contributed by atoms with Crippen LogP contribution >= 0.6 is 0 Å². The van der Waals surface area contributed by atoms with Crippen LogP contribution in [0.2, 0.25) is 0 Å². The molecular formula is C14H19NO2. The van der Waals surface area contributed by atoms with E-state index in [4.69, 9.17) is 5.11 Å². The first-order chi connectivity index (χ1) is 8.11. The fourth-order valence-corrected chi connectivity index (χ4v) is 2.42. The molecule has 3 nitrogen and oxygen atoms in total. The van der Waals surface area contributed by atoms with Gasteiger partial charge in [0.25, 0.3) is 0 Å². The third-order valence-corrected chi connectivity index (χ3v) is 3.48. The average molecular weight is 233 g/mol. The second kappa shape index (κ2) is 4.78. The molecule has 0 radical (unpaired) electrons. The summed E-state index contributed by atoms with van der Waals surface area (Å²) >= 11 is 0. The van der Waals surface area contributed by atoms with Crippen molar-refractivity contribution in [2.75, 3.05) is 18.0 Å². The predicted octanol–water partition coefficient (Wildman–Crippen LogP) is 2.33. The van der Waals surface area contributed by atoms with E-state index in [1.54, 1.807) is 6.92 Å². The van der Waals surface area contributed by atoms with Gasteiger partial charge in [-0.05, 0) is 37.0 Å². The minimum atomic E-state index is -0.722. The number of anilines is 1. The maximum Gasteiger partial charge on any atom is 0.306 e. The first-order valence-electron chi connectivity index (χ1n) is 6.21. The van der Waals surface area contributed by atoms with Crippen LogP contribution in [0.5, 0.6) is 0 Å². The van der Waals surface area contributed by atoms with E-state index >= 15 is 0 Å². The zero-order valence-electron chi connectivity index (χ0n) is 10.4. The Labute approximate surface area is 102 Å². The van der Waals surface area contributed by atoms with Gasteiger partial charge < -0.3 is 10.0 Å². The maximum atomic E-state index is 10.8. The molecule has 1 unspecified atom stereocenters. The molecule has 0 bridgehead atoms. The number of carboxylic acid groups (broad SMARTS) is 1. The van der Waals surface area contributed by atoms with Crippen molar-refractivity contribution in [1.29, 1.82) is 0 Å². The highest BCUT2D eigenvalue weighted by molar-refractivity contribution is 5.70. The molecular weight excluding hydrogens is 214 g/mol. The van der Waals surface area contributed by atoms with Crippen molar-refractivity contribution in [2.24, 2.45) is 5.92 Å². The number of aliphatic carboxylic acids is 1. The van der Waals surface area contributed by atoms with Gasteiger partial charge in [-0.25, -0.2) is 0 Å². The molecule has 2 rings (SSSR count). The number of carbonyl (C=O) groups is 1. The molecule has 1 aliphatic rings. The van der Waals surface area contributed by atoms with E-state index in [0.29, 0.717) is 6.42 Å². The summed E-state index contributed by atoms with van der Waals surface area (Å²) in [6, 6.07) is 6.37. The number of hydrogen-bond acceptors (Lipinski definition) is 2. The van der Waals surface area contributed by atoms with Gasteiger partial charge in [-0.2, -0.15) is 0 Å². The number of likely N-dealkylation sites (N-methyl/N-ethyl adjacent to an activating group) is 1. The number of benzene rings is 1. The van der Waals surface area contributed by atoms with Crippen LogP contribution in [0.25, 0.3) is 0 Å². The fourth-order valence-electron chi connectivity index (χ4n) is 2.42. The number of carboxylic acids is 1. The van der Waals surface area contributed by atoms with E-state index < -0.39 is 5.97 Å². The molecule has 92 valence electrons. The van der Waals surface area contributed by atoms with Crippen molar-refractivity contribution >= 4 is 11.7 Å². The molecule has 0 aliphatic carbocycles. The molecule has 0 fully saturated rings. The van der Waals surface area contributed by atoms with E-state index in [2.05, 4.69) is 30.0 Å². The van der Waals surface area contributed by atoms with Crippen molar-refractivity contribution in [1.82, 2.24) is 0 Å². The Morgan fingerprint density at radius 3 is 2.94 bits per heavy atom. The van der Waals surface area contributed by atoms with Crippen molar-refractivity contribution in [3.05, 3.63) is 29.3 Å². The minimum absolute atomic E-state index is 0.309. The summed E-state index contributed by atoms with van der Waals surface area (Å²) in [5.74, 6) is -1.03. The summed E-state index contributed by atoms with van der Waals surface area (Å²) in [6.45, 7) is 6.05. The molecule has 1 aromatic carbocycles. The first-order valence-corrected chi connectivity index (χ1v) is 6.21. The summed E-state index contributed by atoms with van der Waals surface area (Å²) in [4.78, 5) is 13.2. The van der Waals surface area contributed by atoms with Crippen LogP contribution in [0.1, 0.15) is 25.0 Å². The zero-order valence-corrected chi connectivity index (χ0v) is 10.4. The predicted molar refractivity (Wildman–Crippen MR) is 68.5 cm³/mol. The molecule has 1 atom stereocenters. The van der Waals surface area contributed by atoms with E-state index in [1.807, 2.05) is 0 Å². The Kier molecular flexibility index (Phi) is 3.36. The molecule has 1 N–H and O–H groups in total.